The second-order valence-electron chi connectivity index (χ2n) is 5.19. The van der Waals surface area contributed by atoms with Crippen LogP contribution in [0.25, 0.3) is 11.4 Å². The van der Waals surface area contributed by atoms with Gasteiger partial charge in [-0.1, -0.05) is 24.3 Å². The standard InChI is InChI=1S/C16H12FN5O2S/c1-10-6-7-11(8-14(10)22(23)24)9-18-21-15(19-20-16(21)25)12-4-2-3-5-13(12)17/h2-9H,1H3,(H,20,25)/b18-9-. The van der Waals surface area contributed by atoms with E-state index < -0.39 is 10.7 Å². The van der Waals surface area contributed by atoms with Crippen LogP contribution in [0.2, 0.25) is 0 Å². The monoisotopic (exact) mass is 357 g/mol. The summed E-state index contributed by atoms with van der Waals surface area (Å²) >= 11 is 5.12. The van der Waals surface area contributed by atoms with E-state index in [-0.39, 0.29) is 21.8 Å². The number of aromatic amines is 1. The van der Waals surface area contributed by atoms with E-state index >= 15 is 0 Å². The molecule has 0 bridgehead atoms. The Morgan fingerprint density at radius 1 is 1.36 bits per heavy atom. The zero-order valence-electron chi connectivity index (χ0n) is 13.0. The Morgan fingerprint density at radius 3 is 2.84 bits per heavy atom. The van der Waals surface area contributed by atoms with Gasteiger partial charge in [0.05, 0.1) is 16.7 Å². The summed E-state index contributed by atoms with van der Waals surface area (Å²) in [6, 6.07) is 10.8. The van der Waals surface area contributed by atoms with Gasteiger partial charge in [-0.2, -0.15) is 14.9 Å². The number of aromatic nitrogens is 3. The minimum Gasteiger partial charge on any atom is -0.258 e. The first-order valence-electron chi connectivity index (χ1n) is 7.19. The van der Waals surface area contributed by atoms with Crippen LogP contribution in [0.4, 0.5) is 10.1 Å². The molecule has 0 aliphatic rings. The normalized spacial score (nSPS) is 11.1. The van der Waals surface area contributed by atoms with Gasteiger partial charge in [-0.3, -0.25) is 10.1 Å². The highest BCUT2D eigenvalue weighted by Gasteiger charge is 2.13. The molecule has 0 aliphatic heterocycles. The van der Waals surface area contributed by atoms with Gasteiger partial charge in [0.1, 0.15) is 5.82 Å². The maximum Gasteiger partial charge on any atom is 0.272 e. The highest BCUT2D eigenvalue weighted by Crippen LogP contribution is 2.21. The Hall–Kier alpha value is -3.20. The van der Waals surface area contributed by atoms with E-state index in [2.05, 4.69) is 15.3 Å². The van der Waals surface area contributed by atoms with Crippen LogP contribution in [0.5, 0.6) is 0 Å². The second-order valence-corrected chi connectivity index (χ2v) is 5.58. The summed E-state index contributed by atoms with van der Waals surface area (Å²) in [6.07, 6.45) is 1.40. The Balaban J connectivity index is 2.02. The highest BCUT2D eigenvalue weighted by atomic mass is 32.1. The molecule has 3 rings (SSSR count). The molecule has 0 spiro atoms. The zero-order valence-corrected chi connectivity index (χ0v) is 13.8. The smallest absolute Gasteiger partial charge is 0.258 e. The summed E-state index contributed by atoms with van der Waals surface area (Å²) in [6.45, 7) is 1.65. The molecule has 0 unspecified atom stereocenters. The van der Waals surface area contributed by atoms with Crippen LogP contribution < -0.4 is 0 Å². The van der Waals surface area contributed by atoms with Crippen LogP contribution in [-0.4, -0.2) is 26.0 Å². The maximum absolute atomic E-state index is 14.0. The van der Waals surface area contributed by atoms with E-state index in [1.807, 2.05) is 0 Å². The first kappa shape index (κ1) is 16.7. The van der Waals surface area contributed by atoms with Crippen molar-refractivity contribution in [1.82, 2.24) is 14.9 Å². The van der Waals surface area contributed by atoms with Gasteiger partial charge >= 0.3 is 0 Å². The zero-order chi connectivity index (χ0) is 18.0. The quantitative estimate of drug-likeness (QED) is 0.332. The predicted octanol–water partition coefficient (Wildman–Crippen LogP) is 3.85. The Morgan fingerprint density at radius 2 is 2.12 bits per heavy atom. The molecule has 0 atom stereocenters. The number of rotatable bonds is 4. The van der Waals surface area contributed by atoms with Gasteiger partial charge in [-0.05, 0) is 31.3 Å². The number of H-pyrrole nitrogens is 1. The van der Waals surface area contributed by atoms with Crippen molar-refractivity contribution < 1.29 is 9.31 Å². The molecule has 0 saturated heterocycles. The minimum absolute atomic E-state index is 0.00549. The molecule has 1 heterocycles. The fourth-order valence-electron chi connectivity index (χ4n) is 2.24. The Bertz CT molecular complexity index is 1040. The van der Waals surface area contributed by atoms with E-state index in [9.17, 15) is 14.5 Å². The van der Waals surface area contributed by atoms with Crippen LogP contribution in [0.15, 0.2) is 47.6 Å². The van der Waals surface area contributed by atoms with E-state index in [1.54, 1.807) is 37.3 Å². The fourth-order valence-corrected chi connectivity index (χ4v) is 2.42. The van der Waals surface area contributed by atoms with E-state index in [0.717, 1.165) is 0 Å². The number of hydrogen-bond donors (Lipinski definition) is 1. The van der Waals surface area contributed by atoms with Crippen LogP contribution in [-0.2, 0) is 0 Å². The third kappa shape index (κ3) is 3.36. The molecule has 25 heavy (non-hydrogen) atoms. The molecule has 3 aromatic rings. The number of halogens is 1. The molecule has 2 aromatic carbocycles. The molecule has 0 aliphatic carbocycles. The first-order valence-corrected chi connectivity index (χ1v) is 7.60. The number of nitrogens with one attached hydrogen (secondary N) is 1. The van der Waals surface area contributed by atoms with Crippen LogP contribution in [0.1, 0.15) is 11.1 Å². The molecular formula is C16H12FN5O2S. The molecule has 0 radical (unpaired) electrons. The number of benzene rings is 2. The summed E-state index contributed by atoms with van der Waals surface area (Å²) in [5.74, 6) is -0.250. The van der Waals surface area contributed by atoms with Gasteiger partial charge in [0, 0.05) is 17.2 Å². The number of aryl methyl sites for hydroxylation is 1. The summed E-state index contributed by atoms with van der Waals surface area (Å²) in [7, 11) is 0. The molecule has 1 aromatic heterocycles. The van der Waals surface area contributed by atoms with E-state index in [1.165, 1.54) is 23.0 Å². The lowest BCUT2D eigenvalue weighted by molar-refractivity contribution is -0.385. The van der Waals surface area contributed by atoms with Crippen molar-refractivity contribution in [2.75, 3.05) is 0 Å². The van der Waals surface area contributed by atoms with Gasteiger partial charge < -0.3 is 0 Å². The molecule has 0 fully saturated rings. The van der Waals surface area contributed by atoms with Crippen molar-refractivity contribution in [3.8, 4) is 11.4 Å². The van der Waals surface area contributed by atoms with Crippen molar-refractivity contribution in [2.24, 2.45) is 5.10 Å². The molecular weight excluding hydrogens is 345 g/mol. The average molecular weight is 357 g/mol. The topological polar surface area (TPSA) is 89.1 Å². The molecule has 1 N–H and O–H groups in total. The number of nitro benzene ring substituents is 1. The summed E-state index contributed by atoms with van der Waals surface area (Å²) in [4.78, 5) is 10.6. The van der Waals surface area contributed by atoms with Crippen LogP contribution in [0, 0.1) is 27.6 Å². The average Bonchev–Trinajstić information content (AvgIpc) is 2.95. The maximum atomic E-state index is 14.0. The van der Waals surface area contributed by atoms with Crippen molar-refractivity contribution in [3.63, 3.8) is 0 Å². The van der Waals surface area contributed by atoms with Crippen molar-refractivity contribution in [2.45, 2.75) is 6.92 Å². The van der Waals surface area contributed by atoms with Crippen molar-refractivity contribution >= 4 is 24.1 Å². The lowest BCUT2D eigenvalue weighted by Crippen LogP contribution is -1.98. The van der Waals surface area contributed by atoms with Gasteiger partial charge in [-0.15, -0.1) is 0 Å². The second kappa shape index (κ2) is 6.73. The van der Waals surface area contributed by atoms with Gasteiger partial charge in [0.2, 0.25) is 4.77 Å². The molecule has 0 amide bonds. The highest BCUT2D eigenvalue weighted by molar-refractivity contribution is 7.71. The lowest BCUT2D eigenvalue weighted by atomic mass is 10.1. The Labute approximate surface area is 146 Å². The van der Waals surface area contributed by atoms with Crippen LogP contribution in [0.3, 0.4) is 0 Å². The number of hydrogen-bond acceptors (Lipinski definition) is 5. The third-order valence-corrected chi connectivity index (χ3v) is 3.78. The van der Waals surface area contributed by atoms with E-state index in [0.29, 0.717) is 11.1 Å². The molecule has 7 nitrogen and oxygen atoms in total. The van der Waals surface area contributed by atoms with Gasteiger partial charge in [0.15, 0.2) is 5.82 Å². The summed E-state index contributed by atoms with van der Waals surface area (Å²) in [5.41, 5.74) is 1.30. The molecule has 126 valence electrons. The largest absolute Gasteiger partial charge is 0.272 e. The predicted molar refractivity (Wildman–Crippen MR) is 93.6 cm³/mol. The SMILES string of the molecule is Cc1ccc(/C=N\n2c(-c3ccccc3F)n[nH]c2=S)cc1[N+](=O)[O-]. The third-order valence-electron chi connectivity index (χ3n) is 3.52. The fraction of sp³-hybridized carbons (Fsp3) is 0.0625. The van der Waals surface area contributed by atoms with Gasteiger partial charge in [0.25, 0.3) is 5.69 Å². The Kier molecular flexibility index (Phi) is 4.48. The molecule has 9 heteroatoms. The van der Waals surface area contributed by atoms with Crippen LogP contribution >= 0.6 is 12.2 Å². The number of nitrogens with zero attached hydrogens (tertiary/aromatic N) is 4. The lowest BCUT2D eigenvalue weighted by Gasteiger charge is -2.02. The summed E-state index contributed by atoms with van der Waals surface area (Å²) in [5, 5.41) is 21.8. The van der Waals surface area contributed by atoms with E-state index in [4.69, 9.17) is 12.2 Å². The summed E-state index contributed by atoms with van der Waals surface area (Å²) < 4.78 is 15.4. The van der Waals surface area contributed by atoms with Gasteiger partial charge in [-0.25, -0.2) is 9.49 Å². The van der Waals surface area contributed by atoms with Crippen molar-refractivity contribution in [3.05, 3.63) is 74.3 Å². The van der Waals surface area contributed by atoms with Crippen molar-refractivity contribution in [1.29, 1.82) is 0 Å². The number of nitro groups is 1. The molecule has 0 saturated carbocycles. The minimum atomic E-state index is -0.459. The first-order chi connectivity index (χ1) is 12.0.